The van der Waals surface area contributed by atoms with Crippen molar-refractivity contribution in [3.63, 3.8) is 0 Å². The van der Waals surface area contributed by atoms with Crippen LogP contribution in [0.25, 0.3) is 0 Å². The summed E-state index contributed by atoms with van der Waals surface area (Å²) in [7, 11) is 0. The molecule has 1 saturated heterocycles. The summed E-state index contributed by atoms with van der Waals surface area (Å²) in [5.74, 6) is -1.49. The molecular weight excluding hydrogens is 468 g/mol. The van der Waals surface area contributed by atoms with Gasteiger partial charge in [0.15, 0.2) is 0 Å². The molecule has 1 rings (SSSR count). The van der Waals surface area contributed by atoms with Crippen molar-refractivity contribution < 1.29 is 34.4 Å². The maximum absolute atomic E-state index is 12.0. The van der Waals surface area contributed by atoms with E-state index in [1.54, 1.807) is 0 Å². The Kier molecular flexibility index (Phi) is 17.2. The lowest BCUT2D eigenvalue weighted by Crippen LogP contribution is -2.31. The predicted octanol–water partition coefficient (Wildman–Crippen LogP) is 2.48. The first-order chi connectivity index (χ1) is 17.3. The Labute approximate surface area is 213 Å². The van der Waals surface area contributed by atoms with Gasteiger partial charge in [0.05, 0.1) is 6.42 Å². The Morgan fingerprint density at radius 1 is 0.500 bits per heavy atom. The number of nitrogens with zero attached hydrogens (tertiary/aromatic N) is 2. The van der Waals surface area contributed by atoms with Crippen LogP contribution < -0.4 is 10.6 Å². The average molecular weight is 513 g/mol. The highest BCUT2D eigenvalue weighted by molar-refractivity contribution is 5.97. The summed E-state index contributed by atoms with van der Waals surface area (Å²) in [6.07, 6.45) is 8.32. The molecule has 0 aromatic carbocycles. The molecule has 0 saturated carbocycles. The Bertz CT molecular complexity index is 702. The van der Waals surface area contributed by atoms with Crippen LogP contribution in [0.2, 0.25) is 0 Å². The second-order valence-electron chi connectivity index (χ2n) is 9.34. The lowest BCUT2D eigenvalue weighted by atomic mass is 10.1. The van der Waals surface area contributed by atoms with Gasteiger partial charge in [0.2, 0.25) is 23.6 Å². The van der Waals surface area contributed by atoms with Gasteiger partial charge in [-0.1, -0.05) is 19.3 Å². The van der Waals surface area contributed by atoms with Crippen LogP contribution in [0.3, 0.4) is 0 Å². The molecule has 11 nitrogen and oxygen atoms in total. The third-order valence-corrected chi connectivity index (χ3v) is 6.08. The van der Waals surface area contributed by atoms with Crippen molar-refractivity contribution in [1.82, 2.24) is 20.8 Å². The highest BCUT2D eigenvalue weighted by Gasteiger charge is 2.14. The van der Waals surface area contributed by atoms with E-state index in [9.17, 15) is 34.4 Å². The Balaban J connectivity index is 2.43. The first-order valence-corrected chi connectivity index (χ1v) is 13.3. The largest absolute Gasteiger partial charge is 0.356 e. The summed E-state index contributed by atoms with van der Waals surface area (Å²) in [4.78, 5) is 59.7. The fourth-order valence-corrected chi connectivity index (χ4v) is 3.86. The molecule has 1 aliphatic rings. The van der Waals surface area contributed by atoms with Crippen molar-refractivity contribution in [2.75, 3.05) is 26.2 Å². The Morgan fingerprint density at radius 2 is 0.972 bits per heavy atom. The fourth-order valence-electron chi connectivity index (χ4n) is 3.86. The van der Waals surface area contributed by atoms with E-state index in [0.717, 1.165) is 30.7 Å². The lowest BCUT2D eigenvalue weighted by Gasteiger charge is -2.15. The average Bonchev–Trinajstić information content (AvgIpc) is 2.84. The predicted molar refractivity (Wildman–Crippen MR) is 132 cm³/mol. The van der Waals surface area contributed by atoms with E-state index in [4.69, 9.17) is 0 Å². The summed E-state index contributed by atoms with van der Waals surface area (Å²) in [5.41, 5.74) is 0. The summed E-state index contributed by atoms with van der Waals surface area (Å²) >= 11 is 0. The van der Waals surface area contributed by atoms with Gasteiger partial charge in [-0.05, 0) is 51.4 Å². The molecule has 1 heterocycles. The standard InChI is InChI=1S/C25H44N4O7/c30-21-12-6-2-1-3-7-13-24(33)28(35)18-10-4-8-16-26-22(31)14-15-25(34)29(36)19-11-5-9-17-27-23(32)20-21/h35-36H,1-20H2,(H,26,31)(H,27,32). The second kappa shape index (κ2) is 19.6. The van der Waals surface area contributed by atoms with Gasteiger partial charge in [-0.2, -0.15) is 0 Å². The molecular formula is C25H44N4O7. The van der Waals surface area contributed by atoms with Crippen LogP contribution in [-0.2, 0) is 24.0 Å². The first kappa shape index (κ1) is 31.5. The van der Waals surface area contributed by atoms with Gasteiger partial charge in [-0.25, -0.2) is 10.1 Å². The molecule has 11 heteroatoms. The van der Waals surface area contributed by atoms with E-state index in [1.165, 1.54) is 0 Å². The SMILES string of the molecule is O=C1CCCCCCCC(=O)N(O)CCCCCNC(=O)CCC(=O)N(O)CCCCCNC(=O)C1. The molecule has 1 fully saturated rings. The lowest BCUT2D eigenvalue weighted by molar-refractivity contribution is -0.166. The van der Waals surface area contributed by atoms with E-state index < -0.39 is 5.91 Å². The number of rotatable bonds is 0. The van der Waals surface area contributed by atoms with Crippen LogP contribution in [-0.4, -0.2) is 76.1 Å². The smallest absolute Gasteiger partial charge is 0.246 e. The molecule has 206 valence electrons. The molecule has 0 aliphatic carbocycles. The van der Waals surface area contributed by atoms with Crippen LogP contribution in [0.1, 0.15) is 103 Å². The number of hydrogen-bond acceptors (Lipinski definition) is 7. The maximum atomic E-state index is 12.0. The number of carbonyl (C=O) groups excluding carboxylic acids is 5. The molecule has 0 aromatic rings. The van der Waals surface area contributed by atoms with E-state index in [2.05, 4.69) is 10.6 Å². The number of amides is 4. The third-order valence-electron chi connectivity index (χ3n) is 6.08. The number of nitrogens with one attached hydrogen (secondary N) is 2. The van der Waals surface area contributed by atoms with Crippen molar-refractivity contribution in [3.05, 3.63) is 0 Å². The number of carbonyl (C=O) groups is 5. The van der Waals surface area contributed by atoms with Crippen LogP contribution in [0.4, 0.5) is 0 Å². The zero-order chi connectivity index (χ0) is 26.6. The highest BCUT2D eigenvalue weighted by atomic mass is 16.5. The van der Waals surface area contributed by atoms with Crippen molar-refractivity contribution in [2.24, 2.45) is 0 Å². The van der Waals surface area contributed by atoms with Crippen LogP contribution >= 0.6 is 0 Å². The molecule has 0 aromatic heterocycles. The minimum absolute atomic E-state index is 0.0143. The number of ketones is 1. The van der Waals surface area contributed by atoms with Crippen LogP contribution in [0, 0.1) is 0 Å². The normalized spacial score (nSPS) is 21.7. The van der Waals surface area contributed by atoms with E-state index in [0.29, 0.717) is 69.5 Å². The summed E-state index contributed by atoms with van der Waals surface area (Å²) < 4.78 is 0. The quantitative estimate of drug-likeness (QED) is 0.287. The number of hydrogen-bond donors (Lipinski definition) is 4. The van der Waals surface area contributed by atoms with E-state index in [-0.39, 0.29) is 62.3 Å². The van der Waals surface area contributed by atoms with Gasteiger partial charge >= 0.3 is 0 Å². The number of Topliss-reactive ketones (excluding diaryl/α,β-unsaturated/α-hetero) is 1. The monoisotopic (exact) mass is 512 g/mol. The van der Waals surface area contributed by atoms with Gasteiger partial charge in [0.1, 0.15) is 5.78 Å². The van der Waals surface area contributed by atoms with Crippen molar-refractivity contribution in [2.45, 2.75) is 103 Å². The molecule has 0 bridgehead atoms. The van der Waals surface area contributed by atoms with Crippen molar-refractivity contribution >= 4 is 29.4 Å². The van der Waals surface area contributed by atoms with E-state index >= 15 is 0 Å². The van der Waals surface area contributed by atoms with E-state index in [1.807, 2.05) is 0 Å². The second-order valence-corrected chi connectivity index (χ2v) is 9.34. The summed E-state index contributed by atoms with van der Waals surface area (Å²) in [6.45, 7) is 1.26. The first-order valence-electron chi connectivity index (χ1n) is 13.3. The Hall–Kier alpha value is -2.53. The molecule has 4 N–H and O–H groups in total. The molecule has 4 amide bonds. The molecule has 0 spiro atoms. The van der Waals surface area contributed by atoms with Crippen LogP contribution in [0.15, 0.2) is 0 Å². The van der Waals surface area contributed by atoms with Gasteiger partial charge in [0, 0.05) is 51.9 Å². The Morgan fingerprint density at radius 3 is 1.58 bits per heavy atom. The van der Waals surface area contributed by atoms with Gasteiger partial charge in [0.25, 0.3) is 0 Å². The van der Waals surface area contributed by atoms with Gasteiger partial charge in [-0.3, -0.25) is 34.4 Å². The van der Waals surface area contributed by atoms with Gasteiger partial charge < -0.3 is 10.6 Å². The molecule has 1 aliphatic heterocycles. The highest BCUT2D eigenvalue weighted by Crippen LogP contribution is 2.10. The molecule has 36 heavy (non-hydrogen) atoms. The fraction of sp³-hybridized carbons (Fsp3) is 0.800. The zero-order valence-electron chi connectivity index (χ0n) is 21.5. The van der Waals surface area contributed by atoms with Crippen molar-refractivity contribution in [1.29, 1.82) is 0 Å². The topological polar surface area (TPSA) is 156 Å². The van der Waals surface area contributed by atoms with Crippen molar-refractivity contribution in [3.8, 4) is 0 Å². The van der Waals surface area contributed by atoms with Crippen LogP contribution in [0.5, 0.6) is 0 Å². The maximum Gasteiger partial charge on any atom is 0.246 e. The van der Waals surface area contributed by atoms with Gasteiger partial charge in [-0.15, -0.1) is 0 Å². The minimum atomic E-state index is -0.520. The summed E-state index contributed by atoms with van der Waals surface area (Å²) in [5, 5.41) is 26.5. The molecule has 0 radical (unpaired) electrons. The zero-order valence-corrected chi connectivity index (χ0v) is 21.5. The number of hydroxylamine groups is 4. The minimum Gasteiger partial charge on any atom is -0.356 e. The summed E-state index contributed by atoms with van der Waals surface area (Å²) in [6, 6.07) is 0. The molecule has 0 atom stereocenters. The molecule has 0 unspecified atom stereocenters. The third kappa shape index (κ3) is 16.2.